The highest BCUT2D eigenvalue weighted by Gasteiger charge is 2.23. The van der Waals surface area contributed by atoms with Gasteiger partial charge in [-0.1, -0.05) is 49.4 Å². The smallest absolute Gasteiger partial charge is 0.0366 e. The SMILES string of the molecule is CCNCc1ccc(N2CCC(c3ccccc3)C2)cc1. The van der Waals surface area contributed by atoms with Crippen LogP contribution >= 0.6 is 0 Å². The molecule has 1 unspecified atom stereocenters. The van der Waals surface area contributed by atoms with Crippen molar-refractivity contribution in [1.82, 2.24) is 5.32 Å². The number of rotatable bonds is 5. The fraction of sp³-hybridized carbons (Fsp3) is 0.368. The van der Waals surface area contributed by atoms with E-state index in [1.165, 1.54) is 23.2 Å². The molecule has 1 saturated heterocycles. The number of nitrogens with zero attached hydrogens (tertiary/aromatic N) is 1. The third-order valence-electron chi connectivity index (χ3n) is 4.34. The van der Waals surface area contributed by atoms with E-state index >= 15 is 0 Å². The Bertz CT molecular complexity index is 548. The summed E-state index contributed by atoms with van der Waals surface area (Å²) in [6.45, 7) is 6.42. The summed E-state index contributed by atoms with van der Waals surface area (Å²) in [6, 6.07) is 19.9. The van der Waals surface area contributed by atoms with E-state index < -0.39 is 0 Å². The van der Waals surface area contributed by atoms with Gasteiger partial charge in [-0.2, -0.15) is 0 Å². The van der Waals surface area contributed by atoms with E-state index in [0.717, 1.165) is 26.2 Å². The fourth-order valence-electron chi connectivity index (χ4n) is 3.09. The lowest BCUT2D eigenvalue weighted by atomic mass is 9.99. The van der Waals surface area contributed by atoms with Gasteiger partial charge >= 0.3 is 0 Å². The molecule has 1 heterocycles. The normalized spacial score (nSPS) is 18.1. The number of anilines is 1. The van der Waals surface area contributed by atoms with Crippen LogP contribution in [-0.4, -0.2) is 19.6 Å². The average Bonchev–Trinajstić information content (AvgIpc) is 3.04. The summed E-state index contributed by atoms with van der Waals surface area (Å²) in [5.41, 5.74) is 4.19. The van der Waals surface area contributed by atoms with Crippen LogP contribution in [-0.2, 0) is 6.54 Å². The van der Waals surface area contributed by atoms with Crippen molar-refractivity contribution in [2.75, 3.05) is 24.5 Å². The molecule has 0 amide bonds. The first-order valence-electron chi connectivity index (χ1n) is 7.96. The van der Waals surface area contributed by atoms with Crippen molar-refractivity contribution in [1.29, 1.82) is 0 Å². The predicted molar refractivity (Wildman–Crippen MR) is 89.8 cm³/mol. The van der Waals surface area contributed by atoms with E-state index in [4.69, 9.17) is 0 Å². The van der Waals surface area contributed by atoms with Crippen molar-refractivity contribution >= 4 is 5.69 Å². The van der Waals surface area contributed by atoms with Crippen molar-refractivity contribution in [2.24, 2.45) is 0 Å². The molecule has 2 nitrogen and oxygen atoms in total. The molecule has 1 aliphatic heterocycles. The maximum absolute atomic E-state index is 3.37. The Morgan fingerprint density at radius 1 is 1.05 bits per heavy atom. The molecular formula is C19H24N2. The minimum absolute atomic E-state index is 0.674. The summed E-state index contributed by atoms with van der Waals surface area (Å²) in [5, 5.41) is 3.37. The molecule has 0 aromatic heterocycles. The first-order valence-corrected chi connectivity index (χ1v) is 7.96. The average molecular weight is 280 g/mol. The van der Waals surface area contributed by atoms with Gasteiger partial charge in [0.15, 0.2) is 0 Å². The zero-order valence-electron chi connectivity index (χ0n) is 12.8. The Labute approximate surface area is 127 Å². The van der Waals surface area contributed by atoms with Gasteiger partial charge in [0.25, 0.3) is 0 Å². The number of hydrogen-bond donors (Lipinski definition) is 1. The quantitative estimate of drug-likeness (QED) is 0.896. The minimum atomic E-state index is 0.674. The van der Waals surface area contributed by atoms with Crippen LogP contribution < -0.4 is 10.2 Å². The largest absolute Gasteiger partial charge is 0.371 e. The van der Waals surface area contributed by atoms with Crippen molar-refractivity contribution in [3.8, 4) is 0 Å². The molecule has 1 N–H and O–H groups in total. The zero-order valence-corrected chi connectivity index (χ0v) is 12.8. The summed E-state index contributed by atoms with van der Waals surface area (Å²) >= 11 is 0. The van der Waals surface area contributed by atoms with Crippen LogP contribution in [0.5, 0.6) is 0 Å². The van der Waals surface area contributed by atoms with Crippen molar-refractivity contribution in [3.05, 3.63) is 65.7 Å². The van der Waals surface area contributed by atoms with Gasteiger partial charge in [0, 0.05) is 31.2 Å². The molecule has 0 spiro atoms. The highest BCUT2D eigenvalue weighted by atomic mass is 15.1. The molecule has 1 fully saturated rings. The van der Waals surface area contributed by atoms with Crippen LogP contribution in [0.2, 0.25) is 0 Å². The van der Waals surface area contributed by atoms with Crippen LogP contribution in [0.15, 0.2) is 54.6 Å². The summed E-state index contributed by atoms with van der Waals surface area (Å²) in [5.74, 6) is 0.674. The fourth-order valence-corrected chi connectivity index (χ4v) is 3.09. The van der Waals surface area contributed by atoms with Gasteiger partial charge in [-0.05, 0) is 36.2 Å². The van der Waals surface area contributed by atoms with Gasteiger partial charge in [-0.15, -0.1) is 0 Å². The van der Waals surface area contributed by atoms with E-state index in [-0.39, 0.29) is 0 Å². The summed E-state index contributed by atoms with van der Waals surface area (Å²) in [6.07, 6.45) is 1.25. The van der Waals surface area contributed by atoms with Crippen LogP contribution in [0.3, 0.4) is 0 Å². The van der Waals surface area contributed by atoms with E-state index in [1.54, 1.807) is 0 Å². The van der Waals surface area contributed by atoms with Crippen LogP contribution in [0, 0.1) is 0 Å². The molecule has 0 bridgehead atoms. The van der Waals surface area contributed by atoms with Gasteiger partial charge in [0.2, 0.25) is 0 Å². The second-order valence-corrected chi connectivity index (χ2v) is 5.79. The first kappa shape index (κ1) is 14.2. The first-order chi connectivity index (χ1) is 10.4. The molecule has 0 radical (unpaired) electrons. The summed E-state index contributed by atoms with van der Waals surface area (Å²) < 4.78 is 0. The Morgan fingerprint density at radius 2 is 1.81 bits per heavy atom. The lowest BCUT2D eigenvalue weighted by Crippen LogP contribution is -2.19. The van der Waals surface area contributed by atoms with Crippen LogP contribution in [0.4, 0.5) is 5.69 Å². The molecular weight excluding hydrogens is 256 g/mol. The van der Waals surface area contributed by atoms with E-state index in [0.29, 0.717) is 5.92 Å². The van der Waals surface area contributed by atoms with E-state index in [1.807, 2.05) is 0 Å². The lowest BCUT2D eigenvalue weighted by Gasteiger charge is -2.19. The lowest BCUT2D eigenvalue weighted by molar-refractivity contribution is 0.726. The standard InChI is InChI=1S/C19H24N2/c1-2-20-14-16-8-10-19(11-9-16)21-13-12-18(15-21)17-6-4-3-5-7-17/h3-11,18,20H,2,12-15H2,1H3. The van der Waals surface area contributed by atoms with Crippen LogP contribution in [0.1, 0.15) is 30.4 Å². The van der Waals surface area contributed by atoms with Gasteiger partial charge in [-0.25, -0.2) is 0 Å². The monoisotopic (exact) mass is 280 g/mol. The second kappa shape index (κ2) is 6.77. The molecule has 0 aliphatic carbocycles. The minimum Gasteiger partial charge on any atom is -0.371 e. The summed E-state index contributed by atoms with van der Waals surface area (Å²) in [4.78, 5) is 2.51. The highest BCUT2D eigenvalue weighted by Crippen LogP contribution is 2.30. The van der Waals surface area contributed by atoms with Crippen LogP contribution in [0.25, 0.3) is 0 Å². The van der Waals surface area contributed by atoms with E-state index in [2.05, 4.69) is 71.7 Å². The van der Waals surface area contributed by atoms with Gasteiger partial charge in [0.05, 0.1) is 0 Å². The summed E-state index contributed by atoms with van der Waals surface area (Å²) in [7, 11) is 0. The molecule has 1 aliphatic rings. The molecule has 3 rings (SSSR count). The Morgan fingerprint density at radius 3 is 2.52 bits per heavy atom. The molecule has 2 aromatic rings. The molecule has 1 atom stereocenters. The van der Waals surface area contributed by atoms with Crippen molar-refractivity contribution in [2.45, 2.75) is 25.8 Å². The van der Waals surface area contributed by atoms with Gasteiger partial charge in [0.1, 0.15) is 0 Å². The van der Waals surface area contributed by atoms with Gasteiger partial charge in [-0.3, -0.25) is 0 Å². The third-order valence-corrected chi connectivity index (χ3v) is 4.34. The molecule has 0 saturated carbocycles. The molecule has 2 heteroatoms. The highest BCUT2D eigenvalue weighted by molar-refractivity contribution is 5.49. The Kier molecular flexibility index (Phi) is 4.56. The van der Waals surface area contributed by atoms with Crippen molar-refractivity contribution in [3.63, 3.8) is 0 Å². The third kappa shape index (κ3) is 3.45. The molecule has 21 heavy (non-hydrogen) atoms. The topological polar surface area (TPSA) is 15.3 Å². The number of nitrogens with one attached hydrogen (secondary N) is 1. The predicted octanol–water partition coefficient (Wildman–Crippen LogP) is 3.79. The maximum atomic E-state index is 3.37. The molecule has 2 aromatic carbocycles. The maximum Gasteiger partial charge on any atom is 0.0366 e. The van der Waals surface area contributed by atoms with E-state index in [9.17, 15) is 0 Å². The zero-order chi connectivity index (χ0) is 14.5. The second-order valence-electron chi connectivity index (χ2n) is 5.79. The Hall–Kier alpha value is -1.80. The molecule has 110 valence electrons. The Balaban J connectivity index is 1.63. The number of hydrogen-bond acceptors (Lipinski definition) is 2. The number of benzene rings is 2. The van der Waals surface area contributed by atoms with Crippen molar-refractivity contribution < 1.29 is 0 Å². The van der Waals surface area contributed by atoms with Gasteiger partial charge < -0.3 is 10.2 Å².